The number of carboxylic acid groups (broad SMARTS) is 1. The van der Waals surface area contributed by atoms with E-state index in [-0.39, 0.29) is 17.4 Å². The second-order valence-corrected chi connectivity index (χ2v) is 12.3. The van der Waals surface area contributed by atoms with Gasteiger partial charge in [0.15, 0.2) is 5.82 Å². The van der Waals surface area contributed by atoms with E-state index in [2.05, 4.69) is 20.6 Å². The molecule has 0 bridgehead atoms. The number of carbonyl (C=O) groups excluding carboxylic acids is 2. The molecule has 0 fully saturated rings. The Labute approximate surface area is 257 Å². The van der Waals surface area contributed by atoms with E-state index in [4.69, 9.17) is 0 Å². The molecule has 3 N–H and O–H groups in total. The Morgan fingerprint density at radius 3 is 2.23 bits per heavy atom. The first-order valence-corrected chi connectivity index (χ1v) is 14.6. The highest BCUT2D eigenvalue weighted by Gasteiger charge is 2.26. The van der Waals surface area contributed by atoms with Crippen molar-refractivity contribution in [1.29, 1.82) is 0 Å². The van der Waals surface area contributed by atoms with E-state index >= 15 is 0 Å². The fourth-order valence-corrected chi connectivity index (χ4v) is 5.07. The second kappa shape index (κ2) is 13.7. The molecule has 0 aliphatic carbocycles. The van der Waals surface area contributed by atoms with Crippen LogP contribution in [0.3, 0.4) is 0 Å². The molecule has 0 saturated heterocycles. The number of rotatable bonds is 10. The van der Waals surface area contributed by atoms with Crippen molar-refractivity contribution in [3.05, 3.63) is 105 Å². The number of aliphatic carboxylic acids is 1. The molecule has 0 radical (unpaired) electrons. The van der Waals surface area contributed by atoms with Crippen molar-refractivity contribution in [1.82, 2.24) is 20.6 Å². The molecule has 2 heterocycles. The normalized spacial score (nSPS) is 13.0. The molecule has 0 spiro atoms. The van der Waals surface area contributed by atoms with Crippen LogP contribution in [0.1, 0.15) is 58.9 Å². The molecular weight excluding hydrogens is 586 g/mol. The Morgan fingerprint density at radius 1 is 0.955 bits per heavy atom. The maximum Gasteiger partial charge on any atom is 0.325 e. The third kappa shape index (κ3) is 8.41. The van der Waals surface area contributed by atoms with E-state index in [0.29, 0.717) is 21.8 Å². The number of amides is 2. The van der Waals surface area contributed by atoms with E-state index in [0.717, 1.165) is 16.5 Å². The minimum absolute atomic E-state index is 0.117. The topological polar surface area (TPSA) is 121 Å². The summed E-state index contributed by atoms with van der Waals surface area (Å²) in [5, 5.41) is 14.5. The van der Waals surface area contributed by atoms with Gasteiger partial charge in [-0.2, -0.15) is 0 Å². The van der Waals surface area contributed by atoms with Crippen LogP contribution in [0.4, 0.5) is 8.78 Å². The number of nitrogens with one attached hydrogen (secondary N) is 2. The Kier molecular flexibility index (Phi) is 10.00. The highest BCUT2D eigenvalue weighted by atomic mass is 32.1. The first-order chi connectivity index (χ1) is 20.8. The van der Waals surface area contributed by atoms with Crippen LogP contribution >= 0.6 is 11.3 Å². The summed E-state index contributed by atoms with van der Waals surface area (Å²) in [7, 11) is 0. The van der Waals surface area contributed by atoms with Gasteiger partial charge in [0.1, 0.15) is 23.7 Å². The summed E-state index contributed by atoms with van der Waals surface area (Å²) in [6, 6.07) is 11.9. The lowest BCUT2D eigenvalue weighted by molar-refractivity contribution is -0.141. The Hall–Kier alpha value is -4.77. The molecule has 0 unspecified atom stereocenters. The number of hydrogen-bond donors (Lipinski definition) is 3. The highest BCUT2D eigenvalue weighted by molar-refractivity contribution is 7.14. The van der Waals surface area contributed by atoms with Crippen LogP contribution in [-0.4, -0.2) is 44.9 Å². The van der Waals surface area contributed by atoms with Gasteiger partial charge in [0, 0.05) is 46.4 Å². The molecule has 2 atom stereocenters. The third-order valence-corrected chi connectivity index (χ3v) is 8.17. The highest BCUT2D eigenvalue weighted by Crippen LogP contribution is 2.29. The van der Waals surface area contributed by atoms with Gasteiger partial charge in [-0.25, -0.2) is 18.7 Å². The Bertz CT molecular complexity index is 1680. The summed E-state index contributed by atoms with van der Waals surface area (Å²) in [5.74, 6) is -3.11. The molecule has 44 heavy (non-hydrogen) atoms. The maximum absolute atomic E-state index is 13.9. The predicted molar refractivity (Wildman–Crippen MR) is 166 cm³/mol. The van der Waals surface area contributed by atoms with Gasteiger partial charge in [-0.3, -0.25) is 14.4 Å². The molecule has 11 heteroatoms. The molecule has 4 aromatic rings. The summed E-state index contributed by atoms with van der Waals surface area (Å²) in [5.41, 5.74) is 2.14. The van der Waals surface area contributed by atoms with Crippen LogP contribution in [-0.2, 0) is 21.4 Å². The maximum atomic E-state index is 13.9. The lowest BCUT2D eigenvalue weighted by Gasteiger charge is -2.20. The van der Waals surface area contributed by atoms with Crippen LogP contribution in [0.15, 0.2) is 67.0 Å². The summed E-state index contributed by atoms with van der Waals surface area (Å²) < 4.78 is 27.0. The van der Waals surface area contributed by atoms with E-state index in [1.165, 1.54) is 36.5 Å². The van der Waals surface area contributed by atoms with Gasteiger partial charge in [-0.05, 0) is 42.2 Å². The predicted octanol–water partition coefficient (Wildman–Crippen LogP) is 5.88. The number of thiophene rings is 1. The van der Waals surface area contributed by atoms with Gasteiger partial charge in [0.25, 0.3) is 5.91 Å². The SMILES string of the molecule is C[C@@H](NC(=O)[C@H](Cc1ccc(-c2ncc(/C=C/c3ccc(F)cc3F)cn2)cc1)NC(=O)c1ccc(C(C)(C)C)s1)C(=O)O. The fourth-order valence-electron chi connectivity index (χ4n) is 4.10. The molecule has 2 amide bonds. The van der Waals surface area contributed by atoms with Gasteiger partial charge in [0.05, 0.1) is 4.88 Å². The van der Waals surface area contributed by atoms with Crippen molar-refractivity contribution in [2.45, 2.75) is 51.6 Å². The van der Waals surface area contributed by atoms with Crippen molar-refractivity contribution in [3.63, 3.8) is 0 Å². The van der Waals surface area contributed by atoms with Gasteiger partial charge < -0.3 is 15.7 Å². The van der Waals surface area contributed by atoms with Crippen molar-refractivity contribution in [3.8, 4) is 11.4 Å². The van der Waals surface area contributed by atoms with E-state index in [1.807, 2.05) is 26.8 Å². The third-order valence-electron chi connectivity index (χ3n) is 6.66. The van der Waals surface area contributed by atoms with E-state index < -0.39 is 41.5 Å². The average molecular weight is 619 g/mol. The minimum Gasteiger partial charge on any atom is -0.480 e. The van der Waals surface area contributed by atoms with Crippen LogP contribution in [0.25, 0.3) is 23.5 Å². The van der Waals surface area contributed by atoms with Crippen LogP contribution < -0.4 is 10.6 Å². The molecular formula is C33H32F2N4O4S. The summed E-state index contributed by atoms with van der Waals surface area (Å²) >= 11 is 1.34. The van der Waals surface area contributed by atoms with Crippen molar-refractivity contribution >= 4 is 41.3 Å². The quantitative estimate of drug-likeness (QED) is 0.204. The van der Waals surface area contributed by atoms with Crippen LogP contribution in [0.5, 0.6) is 0 Å². The number of nitrogens with zero attached hydrogens (tertiary/aromatic N) is 2. The van der Waals surface area contributed by atoms with Gasteiger partial charge in [-0.15, -0.1) is 11.3 Å². The number of carbonyl (C=O) groups is 3. The molecule has 0 aliphatic heterocycles. The summed E-state index contributed by atoms with van der Waals surface area (Å²) in [6.45, 7) is 7.48. The lowest BCUT2D eigenvalue weighted by Crippen LogP contribution is -2.51. The summed E-state index contributed by atoms with van der Waals surface area (Å²) in [4.78, 5) is 47.7. The molecule has 2 aromatic heterocycles. The van der Waals surface area contributed by atoms with Crippen molar-refractivity contribution < 1.29 is 28.3 Å². The molecule has 0 aliphatic rings. The Balaban J connectivity index is 1.47. The van der Waals surface area contributed by atoms with E-state index in [9.17, 15) is 28.3 Å². The monoisotopic (exact) mass is 618 g/mol. The molecule has 2 aromatic carbocycles. The van der Waals surface area contributed by atoms with Crippen molar-refractivity contribution in [2.75, 3.05) is 0 Å². The number of hydrogen-bond acceptors (Lipinski definition) is 6. The number of carboxylic acids is 1. The van der Waals surface area contributed by atoms with Crippen molar-refractivity contribution in [2.24, 2.45) is 0 Å². The van der Waals surface area contributed by atoms with Gasteiger partial charge >= 0.3 is 5.97 Å². The first kappa shape index (κ1) is 32.2. The lowest BCUT2D eigenvalue weighted by atomic mass is 9.95. The zero-order chi connectivity index (χ0) is 32.0. The molecule has 4 rings (SSSR count). The molecule has 0 saturated carbocycles. The van der Waals surface area contributed by atoms with Crippen LogP contribution in [0, 0.1) is 11.6 Å². The standard InChI is InChI=1S/C33H32F2N4O4S/c1-19(32(42)43)38-30(40)26(39-31(41)27-13-14-28(44-27)33(2,3)4)15-20-5-9-23(10-6-20)29-36-17-21(18-37-29)7-8-22-11-12-24(34)16-25(22)35/h5-14,16-19,26H,15H2,1-4H3,(H,38,40)(H,39,41)(H,42,43)/b8-7+/t19-,26+/m1/s1. The zero-order valence-corrected chi connectivity index (χ0v) is 25.4. The zero-order valence-electron chi connectivity index (χ0n) is 24.6. The molecule has 228 valence electrons. The van der Waals surface area contributed by atoms with Gasteiger partial charge in [0.2, 0.25) is 5.91 Å². The van der Waals surface area contributed by atoms with Crippen LogP contribution in [0.2, 0.25) is 0 Å². The minimum atomic E-state index is -1.19. The van der Waals surface area contributed by atoms with E-state index in [1.54, 1.807) is 48.8 Å². The number of halogens is 2. The average Bonchev–Trinajstić information content (AvgIpc) is 3.49. The van der Waals surface area contributed by atoms with Gasteiger partial charge in [-0.1, -0.05) is 57.2 Å². The summed E-state index contributed by atoms with van der Waals surface area (Å²) in [6.07, 6.45) is 6.39. The Morgan fingerprint density at radius 2 is 1.64 bits per heavy atom. The first-order valence-electron chi connectivity index (χ1n) is 13.8. The number of benzene rings is 2. The fraction of sp³-hybridized carbons (Fsp3) is 0.242. The second-order valence-electron chi connectivity index (χ2n) is 11.2. The largest absolute Gasteiger partial charge is 0.480 e. The smallest absolute Gasteiger partial charge is 0.325 e. The number of aromatic nitrogens is 2. The molecule has 8 nitrogen and oxygen atoms in total.